The number of hydrogen-bond donors (Lipinski definition) is 4. The molecule has 39 heavy (non-hydrogen) atoms. The van der Waals surface area contributed by atoms with E-state index in [-0.39, 0.29) is 44.6 Å². The first-order chi connectivity index (χ1) is 18.7. The van der Waals surface area contributed by atoms with Crippen molar-refractivity contribution in [1.29, 1.82) is 5.41 Å². The number of nitrogens with one attached hydrogen (secondary N) is 3. The highest BCUT2D eigenvalue weighted by atomic mass is 16.5. The summed E-state index contributed by atoms with van der Waals surface area (Å²) in [7, 11) is 0. The van der Waals surface area contributed by atoms with Gasteiger partial charge in [-0.3, -0.25) is 19.8 Å². The fourth-order valence-electron chi connectivity index (χ4n) is 4.27. The smallest absolute Gasteiger partial charge is 0.408 e. The van der Waals surface area contributed by atoms with Crippen molar-refractivity contribution in [3.63, 3.8) is 0 Å². The third kappa shape index (κ3) is 11.6. The van der Waals surface area contributed by atoms with Gasteiger partial charge in [0, 0.05) is 26.2 Å². The van der Waals surface area contributed by atoms with E-state index in [9.17, 15) is 19.2 Å². The lowest BCUT2D eigenvalue weighted by molar-refractivity contribution is -0.149. The van der Waals surface area contributed by atoms with Crippen LogP contribution in [-0.4, -0.2) is 85.0 Å². The van der Waals surface area contributed by atoms with Crippen LogP contribution < -0.4 is 16.4 Å². The molecule has 12 heteroatoms. The van der Waals surface area contributed by atoms with Crippen LogP contribution in [0.1, 0.15) is 51.5 Å². The zero-order chi connectivity index (χ0) is 28.6. The van der Waals surface area contributed by atoms with E-state index in [4.69, 9.17) is 20.6 Å². The molecule has 0 radical (unpaired) electrons. The molecule has 2 atom stereocenters. The summed E-state index contributed by atoms with van der Waals surface area (Å²) < 4.78 is 10.3. The van der Waals surface area contributed by atoms with Gasteiger partial charge in [-0.25, -0.2) is 4.79 Å². The number of piperidine rings is 1. The van der Waals surface area contributed by atoms with Crippen LogP contribution in [0.4, 0.5) is 4.79 Å². The summed E-state index contributed by atoms with van der Waals surface area (Å²) in [4.78, 5) is 54.2. The highest BCUT2D eigenvalue weighted by molar-refractivity contribution is 5.92. The summed E-state index contributed by atoms with van der Waals surface area (Å²) >= 11 is 0. The number of ether oxygens (including phenoxy) is 2. The topological polar surface area (TPSA) is 167 Å². The van der Waals surface area contributed by atoms with E-state index < -0.39 is 29.9 Å². The maximum absolute atomic E-state index is 13.5. The van der Waals surface area contributed by atoms with E-state index in [2.05, 4.69) is 10.6 Å². The Kier molecular flexibility index (Phi) is 13.6. The fourth-order valence-corrected chi connectivity index (χ4v) is 4.27. The normalized spacial score (nSPS) is 15.5. The number of esters is 1. The van der Waals surface area contributed by atoms with Gasteiger partial charge in [-0.05, 0) is 37.7 Å². The van der Waals surface area contributed by atoms with Gasteiger partial charge in [-0.2, -0.15) is 0 Å². The van der Waals surface area contributed by atoms with Gasteiger partial charge < -0.3 is 35.6 Å². The van der Waals surface area contributed by atoms with Crippen LogP contribution in [0.15, 0.2) is 30.3 Å². The summed E-state index contributed by atoms with van der Waals surface area (Å²) in [6, 6.07) is 7.84. The first-order valence-corrected chi connectivity index (χ1v) is 13.5. The molecular formula is C27H42N6O6. The number of carbonyl (C=O) groups is 4. The summed E-state index contributed by atoms with van der Waals surface area (Å²) in [5.41, 5.74) is 6.37. The number of carbonyl (C=O) groups excluding carboxylic acids is 4. The molecule has 216 valence electrons. The quantitative estimate of drug-likeness (QED) is 0.155. The molecule has 0 unspecified atom stereocenters. The molecule has 2 rings (SSSR count). The Hall–Kier alpha value is -3.83. The van der Waals surface area contributed by atoms with E-state index in [1.807, 2.05) is 25.1 Å². The Morgan fingerprint density at radius 2 is 1.92 bits per heavy atom. The fraction of sp³-hybridized carbons (Fsp3) is 0.593. The van der Waals surface area contributed by atoms with Gasteiger partial charge in [-0.1, -0.05) is 43.7 Å². The first-order valence-electron chi connectivity index (χ1n) is 13.5. The van der Waals surface area contributed by atoms with Crippen LogP contribution in [0, 0.1) is 11.3 Å². The summed E-state index contributed by atoms with van der Waals surface area (Å²) in [6.07, 6.45) is 1.98. The Morgan fingerprint density at radius 3 is 2.59 bits per heavy atom. The molecule has 0 saturated carbocycles. The molecule has 1 aliphatic rings. The Morgan fingerprint density at radius 1 is 1.18 bits per heavy atom. The molecule has 1 fully saturated rings. The number of rotatable bonds is 14. The largest absolute Gasteiger partial charge is 0.465 e. The predicted octanol–water partition coefficient (Wildman–Crippen LogP) is 1.58. The van der Waals surface area contributed by atoms with Crippen molar-refractivity contribution in [2.45, 2.75) is 58.6 Å². The van der Waals surface area contributed by atoms with Crippen molar-refractivity contribution < 1.29 is 28.7 Å². The van der Waals surface area contributed by atoms with Gasteiger partial charge in [-0.15, -0.1) is 0 Å². The van der Waals surface area contributed by atoms with Gasteiger partial charge in [0.05, 0.1) is 13.0 Å². The number of amides is 3. The van der Waals surface area contributed by atoms with Crippen LogP contribution in [0.25, 0.3) is 0 Å². The van der Waals surface area contributed by atoms with E-state index in [1.54, 1.807) is 24.0 Å². The second-order valence-electron chi connectivity index (χ2n) is 9.52. The summed E-state index contributed by atoms with van der Waals surface area (Å²) in [6.45, 7) is 5.41. The minimum Gasteiger partial charge on any atom is -0.465 e. The monoisotopic (exact) mass is 546 g/mol. The number of nitrogens with zero attached hydrogens (tertiary/aromatic N) is 2. The maximum Gasteiger partial charge on any atom is 0.408 e. The van der Waals surface area contributed by atoms with Crippen molar-refractivity contribution >= 4 is 29.8 Å². The molecule has 1 heterocycles. The van der Waals surface area contributed by atoms with E-state index in [1.165, 1.54) is 4.90 Å². The van der Waals surface area contributed by atoms with Crippen molar-refractivity contribution in [3.05, 3.63) is 35.9 Å². The maximum atomic E-state index is 13.5. The van der Waals surface area contributed by atoms with Crippen molar-refractivity contribution in [1.82, 2.24) is 20.4 Å². The number of nitrogens with two attached hydrogens (primary N) is 1. The molecular weight excluding hydrogens is 504 g/mol. The second-order valence-corrected chi connectivity index (χ2v) is 9.52. The van der Waals surface area contributed by atoms with Crippen LogP contribution >= 0.6 is 0 Å². The number of unbranched alkanes of at least 4 members (excludes halogenated alkanes) is 1. The lowest BCUT2D eigenvalue weighted by Gasteiger charge is -2.33. The highest BCUT2D eigenvalue weighted by Crippen LogP contribution is 2.15. The number of hydrogen-bond acceptors (Lipinski definition) is 7. The minimum absolute atomic E-state index is 0.00340. The van der Waals surface area contributed by atoms with E-state index in [0.717, 1.165) is 24.8 Å². The number of guanidine groups is 1. The van der Waals surface area contributed by atoms with Crippen LogP contribution in [0.3, 0.4) is 0 Å². The molecule has 0 spiro atoms. The van der Waals surface area contributed by atoms with Crippen molar-refractivity contribution in [2.75, 3.05) is 39.3 Å². The second kappa shape index (κ2) is 16.9. The molecule has 1 saturated heterocycles. The summed E-state index contributed by atoms with van der Waals surface area (Å²) in [5.74, 6) is -1.45. The zero-order valence-corrected chi connectivity index (χ0v) is 22.9. The van der Waals surface area contributed by atoms with E-state index >= 15 is 0 Å². The van der Waals surface area contributed by atoms with Crippen molar-refractivity contribution in [3.8, 4) is 0 Å². The standard InChI is InChI=1S/C27H42N6O6/c1-3-5-13-32(18-24(35)38-4-2)25(36)22(31-27(37)39-19-20-10-7-6-8-11-20)15-23(34)30-16-21-12-9-14-33(17-21)26(28)29/h6-8,10-11,21-22H,3-5,9,12-19H2,1-2H3,(H3,28,29)(H,30,34)(H,31,37)/t21-,22-/m0/s1. The third-order valence-electron chi connectivity index (χ3n) is 6.36. The Bertz CT molecular complexity index is 959. The van der Waals surface area contributed by atoms with Gasteiger partial charge in [0.15, 0.2) is 5.96 Å². The summed E-state index contributed by atoms with van der Waals surface area (Å²) in [5, 5.41) is 13.0. The van der Waals surface area contributed by atoms with Gasteiger partial charge >= 0.3 is 12.1 Å². The zero-order valence-electron chi connectivity index (χ0n) is 22.9. The number of likely N-dealkylation sites (tertiary alicyclic amines) is 1. The van der Waals surface area contributed by atoms with Gasteiger partial charge in [0.1, 0.15) is 19.2 Å². The molecule has 5 N–H and O–H groups in total. The molecule has 1 aromatic rings. The van der Waals surface area contributed by atoms with Crippen LogP contribution in [0.2, 0.25) is 0 Å². The lowest BCUT2D eigenvalue weighted by atomic mass is 9.98. The van der Waals surface area contributed by atoms with Crippen LogP contribution in [-0.2, 0) is 30.5 Å². The molecule has 0 bridgehead atoms. The molecule has 1 aromatic carbocycles. The molecule has 12 nitrogen and oxygen atoms in total. The first kappa shape index (κ1) is 31.4. The lowest BCUT2D eigenvalue weighted by Crippen LogP contribution is -2.52. The number of benzene rings is 1. The molecule has 0 aromatic heterocycles. The Balaban J connectivity index is 2.07. The van der Waals surface area contributed by atoms with Crippen molar-refractivity contribution in [2.24, 2.45) is 11.7 Å². The predicted molar refractivity (Wildman–Crippen MR) is 146 cm³/mol. The minimum atomic E-state index is -1.24. The Labute approximate surface area is 230 Å². The third-order valence-corrected chi connectivity index (χ3v) is 6.36. The molecule has 0 aliphatic carbocycles. The molecule has 3 amide bonds. The highest BCUT2D eigenvalue weighted by Gasteiger charge is 2.30. The van der Waals surface area contributed by atoms with Gasteiger partial charge in [0.2, 0.25) is 11.8 Å². The molecule has 1 aliphatic heterocycles. The van der Waals surface area contributed by atoms with Crippen LogP contribution in [0.5, 0.6) is 0 Å². The number of alkyl carbamates (subject to hydrolysis) is 1. The average molecular weight is 547 g/mol. The van der Waals surface area contributed by atoms with E-state index in [0.29, 0.717) is 26.1 Å². The SMILES string of the molecule is CCCCN(CC(=O)OCC)C(=O)[C@H](CC(=O)NC[C@@H]1CCCN(C(=N)N)C1)NC(=O)OCc1ccccc1. The average Bonchev–Trinajstić information content (AvgIpc) is 2.93. The van der Waals surface area contributed by atoms with Gasteiger partial charge in [0.25, 0.3) is 0 Å².